The summed E-state index contributed by atoms with van der Waals surface area (Å²) >= 11 is 2.93. The third-order valence-electron chi connectivity index (χ3n) is 5.44. The summed E-state index contributed by atoms with van der Waals surface area (Å²) in [5.74, 6) is 0.402. The number of nitrogens with zero attached hydrogens (tertiary/aromatic N) is 3. The maximum Gasteiger partial charge on any atom is 0.407 e. The van der Waals surface area contributed by atoms with Crippen LogP contribution >= 0.6 is 22.7 Å². The molecule has 1 aliphatic rings. The Bertz CT molecular complexity index is 1250. The van der Waals surface area contributed by atoms with Crippen LogP contribution in [0.15, 0.2) is 35.1 Å². The number of anilines is 2. The van der Waals surface area contributed by atoms with Crippen LogP contribution < -0.4 is 15.5 Å². The molecule has 1 aliphatic carbocycles. The van der Waals surface area contributed by atoms with E-state index in [0.717, 1.165) is 26.9 Å². The molecule has 0 radical (unpaired) electrons. The molecule has 4 rings (SSSR count). The van der Waals surface area contributed by atoms with Gasteiger partial charge in [-0.3, -0.25) is 4.79 Å². The molecule has 2 amide bonds. The lowest BCUT2D eigenvalue weighted by molar-refractivity contribution is -0.111. The number of ether oxygens (including phenoxy) is 1. The van der Waals surface area contributed by atoms with E-state index >= 15 is 0 Å². The number of amides is 2. The van der Waals surface area contributed by atoms with Gasteiger partial charge in [0.15, 0.2) is 5.13 Å². The van der Waals surface area contributed by atoms with Crippen LogP contribution in [0.25, 0.3) is 6.08 Å². The number of hydrogen-bond acceptors (Lipinski definition) is 9. The summed E-state index contributed by atoms with van der Waals surface area (Å²) in [4.78, 5) is 32.7. The molecule has 0 fully saturated rings. The Labute approximate surface area is 211 Å². The molecule has 0 aliphatic heterocycles. The molecular formula is C24H25N5O4S2. The molecule has 0 bridgehead atoms. The van der Waals surface area contributed by atoms with Crippen LogP contribution in [0.5, 0.6) is 0 Å². The standard InChI is InChI=1S/C24H25N5O4S2/c1-29(2)23-26-12-17(34-23)13-27-24(31)33-14-15-5-7-18-19(11-25)22(35-20(18)10-15)28-21(30)8-6-16-4-3-9-32-16/h3-4,6,8-9,12,15H,5,7,10,13-14H2,1-2H3,(H,27,31)(H,28,30). The summed E-state index contributed by atoms with van der Waals surface area (Å²) in [6.07, 6.45) is 7.97. The minimum absolute atomic E-state index is 0.157. The van der Waals surface area contributed by atoms with Gasteiger partial charge in [0.25, 0.3) is 0 Å². The average Bonchev–Trinajstić information content (AvgIpc) is 3.59. The third-order valence-corrected chi connectivity index (χ3v) is 7.77. The van der Waals surface area contributed by atoms with Crippen molar-refractivity contribution in [3.63, 3.8) is 0 Å². The molecule has 3 heterocycles. The van der Waals surface area contributed by atoms with E-state index in [1.807, 2.05) is 19.0 Å². The summed E-state index contributed by atoms with van der Waals surface area (Å²) in [6.45, 7) is 0.664. The van der Waals surface area contributed by atoms with Gasteiger partial charge in [0.1, 0.15) is 16.8 Å². The number of nitriles is 1. The fraction of sp³-hybridized carbons (Fsp3) is 0.333. The predicted molar refractivity (Wildman–Crippen MR) is 136 cm³/mol. The quantitative estimate of drug-likeness (QED) is 0.430. The second kappa shape index (κ2) is 11.2. The van der Waals surface area contributed by atoms with Gasteiger partial charge in [-0.15, -0.1) is 22.7 Å². The number of aromatic nitrogens is 1. The van der Waals surface area contributed by atoms with Crippen molar-refractivity contribution in [2.75, 3.05) is 30.9 Å². The third kappa shape index (κ3) is 6.29. The number of fused-ring (bicyclic) bond motifs is 1. The van der Waals surface area contributed by atoms with E-state index in [4.69, 9.17) is 9.15 Å². The second-order valence-corrected chi connectivity index (χ2v) is 10.4. The molecule has 2 N–H and O–H groups in total. The minimum atomic E-state index is -0.462. The van der Waals surface area contributed by atoms with Crippen molar-refractivity contribution >= 4 is 50.9 Å². The number of carbonyl (C=O) groups is 2. The number of thiazole rings is 1. The summed E-state index contributed by atoms with van der Waals surface area (Å²) in [5, 5.41) is 16.7. The zero-order valence-electron chi connectivity index (χ0n) is 19.4. The number of carbonyl (C=O) groups excluding carboxylic acids is 2. The van der Waals surface area contributed by atoms with Gasteiger partial charge in [-0.1, -0.05) is 0 Å². The number of rotatable bonds is 8. The van der Waals surface area contributed by atoms with E-state index in [1.165, 1.54) is 35.0 Å². The van der Waals surface area contributed by atoms with Crippen molar-refractivity contribution in [1.29, 1.82) is 5.26 Å². The van der Waals surface area contributed by atoms with Crippen LogP contribution in [-0.2, 0) is 28.9 Å². The number of thiophene rings is 1. The van der Waals surface area contributed by atoms with Crippen LogP contribution in [0.3, 0.4) is 0 Å². The summed E-state index contributed by atoms with van der Waals surface area (Å²) in [7, 11) is 3.84. The second-order valence-electron chi connectivity index (χ2n) is 8.22. The molecule has 11 heteroatoms. The Kier molecular flexibility index (Phi) is 7.84. The van der Waals surface area contributed by atoms with Gasteiger partial charge in [0, 0.05) is 36.1 Å². The van der Waals surface area contributed by atoms with E-state index in [0.29, 0.717) is 42.3 Å². The molecule has 3 aromatic rings. The number of alkyl carbamates (subject to hydrolysis) is 1. The Morgan fingerprint density at radius 3 is 2.97 bits per heavy atom. The molecule has 0 aromatic carbocycles. The first-order valence-electron chi connectivity index (χ1n) is 11.0. The van der Waals surface area contributed by atoms with Crippen molar-refractivity contribution in [2.24, 2.45) is 5.92 Å². The largest absolute Gasteiger partial charge is 0.465 e. The molecule has 1 atom stereocenters. The molecule has 0 saturated heterocycles. The number of nitrogens with one attached hydrogen (secondary N) is 2. The zero-order chi connectivity index (χ0) is 24.8. The SMILES string of the molecule is CN(C)c1ncc(CNC(=O)OCC2CCc3c(sc(NC(=O)C=Cc4ccco4)c3C#N)C2)s1. The molecule has 0 saturated carbocycles. The summed E-state index contributed by atoms with van der Waals surface area (Å²) in [6, 6.07) is 5.72. The Morgan fingerprint density at radius 2 is 2.26 bits per heavy atom. The minimum Gasteiger partial charge on any atom is -0.465 e. The van der Waals surface area contributed by atoms with Gasteiger partial charge in [-0.25, -0.2) is 9.78 Å². The van der Waals surface area contributed by atoms with E-state index < -0.39 is 6.09 Å². The van der Waals surface area contributed by atoms with Gasteiger partial charge >= 0.3 is 6.09 Å². The highest BCUT2D eigenvalue weighted by atomic mass is 32.1. The van der Waals surface area contributed by atoms with E-state index in [1.54, 1.807) is 24.4 Å². The van der Waals surface area contributed by atoms with Crippen molar-refractivity contribution in [2.45, 2.75) is 25.8 Å². The Hall–Kier alpha value is -3.62. The Morgan fingerprint density at radius 1 is 1.40 bits per heavy atom. The lowest BCUT2D eigenvalue weighted by Crippen LogP contribution is -2.27. The molecule has 182 valence electrons. The highest BCUT2D eigenvalue weighted by Crippen LogP contribution is 2.39. The van der Waals surface area contributed by atoms with Gasteiger partial charge in [-0.05, 0) is 49.0 Å². The van der Waals surface area contributed by atoms with Crippen LogP contribution in [0.2, 0.25) is 0 Å². The van der Waals surface area contributed by atoms with E-state index in [9.17, 15) is 14.9 Å². The molecule has 35 heavy (non-hydrogen) atoms. The maximum atomic E-state index is 12.3. The van der Waals surface area contributed by atoms with Crippen LogP contribution in [0.4, 0.5) is 14.9 Å². The molecule has 9 nitrogen and oxygen atoms in total. The fourth-order valence-electron chi connectivity index (χ4n) is 3.69. The average molecular weight is 512 g/mol. The molecule has 1 unspecified atom stereocenters. The molecule has 3 aromatic heterocycles. The van der Waals surface area contributed by atoms with Crippen molar-refractivity contribution < 1.29 is 18.7 Å². The van der Waals surface area contributed by atoms with E-state index in [2.05, 4.69) is 21.7 Å². The van der Waals surface area contributed by atoms with Crippen LogP contribution in [0.1, 0.15) is 33.1 Å². The normalized spacial score (nSPS) is 14.8. The first-order valence-corrected chi connectivity index (χ1v) is 12.7. The first kappa shape index (κ1) is 24.5. The first-order chi connectivity index (χ1) is 16.9. The Balaban J connectivity index is 1.28. The molecular weight excluding hydrogens is 486 g/mol. The van der Waals surface area contributed by atoms with Crippen LogP contribution in [-0.4, -0.2) is 37.7 Å². The summed E-state index contributed by atoms with van der Waals surface area (Å²) in [5.41, 5.74) is 1.49. The number of furan rings is 1. The van der Waals surface area contributed by atoms with Crippen molar-refractivity contribution in [3.8, 4) is 6.07 Å². The zero-order valence-corrected chi connectivity index (χ0v) is 21.0. The van der Waals surface area contributed by atoms with E-state index in [-0.39, 0.29) is 11.8 Å². The highest BCUT2D eigenvalue weighted by Gasteiger charge is 2.27. The number of hydrogen-bond donors (Lipinski definition) is 2. The smallest absolute Gasteiger partial charge is 0.407 e. The lowest BCUT2D eigenvalue weighted by atomic mass is 9.88. The van der Waals surface area contributed by atoms with Gasteiger partial charge in [-0.2, -0.15) is 5.26 Å². The van der Waals surface area contributed by atoms with Crippen molar-refractivity contribution in [1.82, 2.24) is 10.3 Å². The highest BCUT2D eigenvalue weighted by molar-refractivity contribution is 7.16. The monoisotopic (exact) mass is 511 g/mol. The lowest BCUT2D eigenvalue weighted by Gasteiger charge is -2.21. The van der Waals surface area contributed by atoms with Gasteiger partial charge in [0.05, 0.1) is 25.0 Å². The van der Waals surface area contributed by atoms with Crippen LogP contribution in [0, 0.1) is 17.2 Å². The predicted octanol–water partition coefficient (Wildman–Crippen LogP) is 4.42. The molecule has 0 spiro atoms. The maximum absolute atomic E-state index is 12.3. The summed E-state index contributed by atoms with van der Waals surface area (Å²) < 4.78 is 10.6. The van der Waals surface area contributed by atoms with Crippen molar-refractivity contribution in [3.05, 3.63) is 57.3 Å². The van der Waals surface area contributed by atoms with Gasteiger partial charge in [0.2, 0.25) is 5.91 Å². The van der Waals surface area contributed by atoms with Gasteiger partial charge < -0.3 is 24.7 Å². The fourth-order valence-corrected chi connectivity index (χ4v) is 5.78. The topological polar surface area (TPSA) is 120 Å².